The van der Waals surface area contributed by atoms with Crippen LogP contribution in [0.5, 0.6) is 0 Å². The topological polar surface area (TPSA) is 118 Å². The first kappa shape index (κ1) is 14.8. The highest BCUT2D eigenvalue weighted by Gasteiger charge is 2.19. The third-order valence-electron chi connectivity index (χ3n) is 1.79. The number of nitrogens with one attached hydrogen (secondary N) is 2. The summed E-state index contributed by atoms with van der Waals surface area (Å²) in [6.45, 7) is 0.0443. The van der Waals surface area contributed by atoms with E-state index in [-0.39, 0.29) is 18.7 Å². The SMILES string of the molecule is CNCC(=O)N[C@@H](CCS(C)(=O)=O)C(N)=O. The largest absolute Gasteiger partial charge is 0.368 e. The van der Waals surface area contributed by atoms with Crippen LogP contribution >= 0.6 is 0 Å². The van der Waals surface area contributed by atoms with E-state index in [9.17, 15) is 18.0 Å². The number of rotatable bonds is 7. The molecule has 0 aromatic carbocycles. The molecular weight excluding hydrogens is 234 g/mol. The van der Waals surface area contributed by atoms with E-state index in [0.29, 0.717) is 0 Å². The van der Waals surface area contributed by atoms with Crippen LogP contribution in [0.15, 0.2) is 0 Å². The van der Waals surface area contributed by atoms with Gasteiger partial charge in [0.1, 0.15) is 15.9 Å². The van der Waals surface area contributed by atoms with Crippen LogP contribution in [-0.4, -0.2) is 51.9 Å². The number of likely N-dealkylation sites (N-methyl/N-ethyl adjacent to an activating group) is 1. The van der Waals surface area contributed by atoms with Gasteiger partial charge in [-0.05, 0) is 13.5 Å². The maximum absolute atomic E-state index is 11.2. The Balaban J connectivity index is 4.29. The second kappa shape index (κ2) is 6.44. The highest BCUT2D eigenvalue weighted by molar-refractivity contribution is 7.90. The summed E-state index contributed by atoms with van der Waals surface area (Å²) < 4.78 is 21.8. The summed E-state index contributed by atoms with van der Waals surface area (Å²) in [6.07, 6.45) is 1.05. The van der Waals surface area contributed by atoms with Gasteiger partial charge in [-0.15, -0.1) is 0 Å². The quantitative estimate of drug-likeness (QED) is 0.466. The minimum absolute atomic E-state index is 0.0103. The molecule has 0 heterocycles. The first-order valence-electron chi connectivity index (χ1n) is 4.67. The predicted octanol–water partition coefficient (Wildman–Crippen LogP) is -2.39. The third kappa shape index (κ3) is 7.18. The van der Waals surface area contributed by atoms with E-state index in [1.54, 1.807) is 7.05 Å². The molecule has 0 rings (SSSR count). The average molecular weight is 251 g/mol. The lowest BCUT2D eigenvalue weighted by molar-refractivity contribution is -0.126. The first-order valence-corrected chi connectivity index (χ1v) is 6.73. The van der Waals surface area contributed by atoms with Crippen molar-refractivity contribution >= 4 is 21.7 Å². The summed E-state index contributed by atoms with van der Waals surface area (Å²) in [5, 5.41) is 4.95. The van der Waals surface area contributed by atoms with Crippen LogP contribution in [0, 0.1) is 0 Å². The number of carbonyl (C=O) groups is 2. The molecule has 0 aromatic heterocycles. The van der Waals surface area contributed by atoms with E-state index in [1.165, 1.54) is 0 Å². The van der Waals surface area contributed by atoms with E-state index in [4.69, 9.17) is 5.73 Å². The van der Waals surface area contributed by atoms with Crippen molar-refractivity contribution in [3.05, 3.63) is 0 Å². The summed E-state index contributed by atoms with van der Waals surface area (Å²) in [6, 6.07) is -0.949. The van der Waals surface area contributed by atoms with Crippen molar-refractivity contribution in [3.8, 4) is 0 Å². The molecular formula is C8H17N3O4S. The Bertz CT molecular complexity index is 352. The predicted molar refractivity (Wildman–Crippen MR) is 59.4 cm³/mol. The highest BCUT2D eigenvalue weighted by atomic mass is 32.2. The molecule has 0 aromatic rings. The maximum atomic E-state index is 11.2. The zero-order chi connectivity index (χ0) is 12.8. The summed E-state index contributed by atoms with van der Waals surface area (Å²) in [7, 11) is -1.60. The Morgan fingerprint density at radius 2 is 1.94 bits per heavy atom. The van der Waals surface area contributed by atoms with E-state index < -0.39 is 27.7 Å². The molecule has 0 aliphatic heterocycles. The Morgan fingerprint density at radius 1 is 1.38 bits per heavy atom. The van der Waals surface area contributed by atoms with Gasteiger partial charge >= 0.3 is 0 Å². The zero-order valence-corrected chi connectivity index (χ0v) is 10.1. The molecule has 0 fully saturated rings. The van der Waals surface area contributed by atoms with E-state index in [1.807, 2.05) is 0 Å². The lowest BCUT2D eigenvalue weighted by atomic mass is 10.2. The van der Waals surface area contributed by atoms with Crippen LogP contribution in [0.25, 0.3) is 0 Å². The number of amides is 2. The monoisotopic (exact) mass is 251 g/mol. The van der Waals surface area contributed by atoms with Crippen molar-refractivity contribution in [1.29, 1.82) is 0 Å². The van der Waals surface area contributed by atoms with Gasteiger partial charge in [-0.3, -0.25) is 9.59 Å². The van der Waals surface area contributed by atoms with Gasteiger partial charge in [0, 0.05) is 6.26 Å². The van der Waals surface area contributed by atoms with Crippen LogP contribution < -0.4 is 16.4 Å². The molecule has 0 unspecified atom stereocenters. The van der Waals surface area contributed by atoms with Crippen LogP contribution in [0.4, 0.5) is 0 Å². The average Bonchev–Trinajstić information content (AvgIpc) is 2.10. The molecule has 0 saturated carbocycles. The summed E-state index contributed by atoms with van der Waals surface area (Å²) in [5.41, 5.74) is 5.04. The number of nitrogens with two attached hydrogens (primary N) is 1. The van der Waals surface area contributed by atoms with Gasteiger partial charge in [0.15, 0.2) is 0 Å². The molecule has 4 N–H and O–H groups in total. The van der Waals surface area contributed by atoms with Gasteiger partial charge in [-0.25, -0.2) is 8.42 Å². The molecule has 94 valence electrons. The molecule has 7 nitrogen and oxygen atoms in total. The second-order valence-electron chi connectivity index (χ2n) is 3.47. The van der Waals surface area contributed by atoms with Crippen molar-refractivity contribution in [1.82, 2.24) is 10.6 Å². The Labute approximate surface area is 94.7 Å². The van der Waals surface area contributed by atoms with Gasteiger partial charge in [0.05, 0.1) is 12.3 Å². The fraction of sp³-hybridized carbons (Fsp3) is 0.750. The molecule has 0 aliphatic carbocycles. The summed E-state index contributed by atoms with van der Waals surface area (Å²) in [4.78, 5) is 22.1. The molecule has 0 saturated heterocycles. The minimum Gasteiger partial charge on any atom is -0.368 e. The van der Waals surface area contributed by atoms with Crippen molar-refractivity contribution in [2.75, 3.05) is 25.6 Å². The molecule has 0 bridgehead atoms. The molecule has 16 heavy (non-hydrogen) atoms. The van der Waals surface area contributed by atoms with Crippen LogP contribution in [0.3, 0.4) is 0 Å². The highest BCUT2D eigenvalue weighted by Crippen LogP contribution is 1.96. The fourth-order valence-corrected chi connectivity index (χ4v) is 1.69. The van der Waals surface area contributed by atoms with Gasteiger partial charge in [-0.1, -0.05) is 0 Å². The normalized spacial score (nSPS) is 13.1. The second-order valence-corrected chi connectivity index (χ2v) is 5.73. The molecule has 0 spiro atoms. The number of primary amides is 1. The van der Waals surface area contributed by atoms with Gasteiger partial charge in [0.2, 0.25) is 11.8 Å². The van der Waals surface area contributed by atoms with E-state index in [0.717, 1.165) is 6.26 Å². The Hall–Kier alpha value is -1.15. The molecule has 2 amide bonds. The summed E-state index contributed by atoms with van der Waals surface area (Å²) >= 11 is 0. The zero-order valence-electron chi connectivity index (χ0n) is 9.32. The minimum atomic E-state index is -3.18. The number of sulfone groups is 1. The van der Waals surface area contributed by atoms with Gasteiger partial charge in [0.25, 0.3) is 0 Å². The smallest absolute Gasteiger partial charge is 0.240 e. The molecule has 1 atom stereocenters. The number of hydrogen-bond acceptors (Lipinski definition) is 5. The van der Waals surface area contributed by atoms with Crippen molar-refractivity contribution < 1.29 is 18.0 Å². The first-order chi connectivity index (χ1) is 7.26. The number of carbonyl (C=O) groups excluding carboxylic acids is 2. The van der Waals surface area contributed by atoms with Crippen LogP contribution in [0.1, 0.15) is 6.42 Å². The Morgan fingerprint density at radius 3 is 2.31 bits per heavy atom. The van der Waals surface area contributed by atoms with Gasteiger partial charge < -0.3 is 16.4 Å². The van der Waals surface area contributed by atoms with Crippen LogP contribution in [-0.2, 0) is 19.4 Å². The molecule has 8 heteroatoms. The standard InChI is InChI=1S/C8H17N3O4S/c1-10-5-7(12)11-6(8(9)13)3-4-16(2,14)15/h6,10H,3-5H2,1-2H3,(H2,9,13)(H,11,12)/t6-/m0/s1. The lowest BCUT2D eigenvalue weighted by Crippen LogP contribution is -2.47. The van der Waals surface area contributed by atoms with Crippen molar-refractivity contribution in [3.63, 3.8) is 0 Å². The number of hydrogen-bond donors (Lipinski definition) is 3. The van der Waals surface area contributed by atoms with E-state index >= 15 is 0 Å². The Kier molecular flexibility index (Phi) is 5.97. The van der Waals surface area contributed by atoms with E-state index in [2.05, 4.69) is 10.6 Å². The summed E-state index contributed by atoms with van der Waals surface area (Å²) in [5.74, 6) is -1.34. The third-order valence-corrected chi connectivity index (χ3v) is 2.77. The van der Waals surface area contributed by atoms with Gasteiger partial charge in [-0.2, -0.15) is 0 Å². The molecule has 0 aliphatic rings. The van der Waals surface area contributed by atoms with Crippen molar-refractivity contribution in [2.24, 2.45) is 5.73 Å². The maximum Gasteiger partial charge on any atom is 0.240 e. The fourth-order valence-electron chi connectivity index (χ4n) is 1.02. The molecule has 0 radical (unpaired) electrons. The lowest BCUT2D eigenvalue weighted by Gasteiger charge is -2.14. The van der Waals surface area contributed by atoms with Crippen molar-refractivity contribution in [2.45, 2.75) is 12.5 Å². The van der Waals surface area contributed by atoms with Crippen LogP contribution in [0.2, 0.25) is 0 Å².